The molecule has 1 aliphatic carbocycles. The van der Waals surface area contributed by atoms with E-state index in [0.29, 0.717) is 11.5 Å². The number of aromatic nitrogens is 2. The van der Waals surface area contributed by atoms with E-state index in [2.05, 4.69) is 15.2 Å². The average molecular weight is 362 g/mol. The molecule has 2 aromatic heterocycles. The molecule has 2 aliphatic rings. The van der Waals surface area contributed by atoms with E-state index < -0.39 is 0 Å². The fourth-order valence-electron chi connectivity index (χ4n) is 3.47. The molecular weight excluding hydrogens is 340 g/mol. The summed E-state index contributed by atoms with van der Waals surface area (Å²) in [7, 11) is 0. The molecule has 2 aromatic rings. The molecule has 0 atom stereocenters. The molecule has 134 valence electrons. The number of carbonyl (C=O) groups excluding carboxylic acids is 1. The normalized spacial score (nSPS) is 18.2. The van der Waals surface area contributed by atoms with Crippen LogP contribution < -0.4 is 10.9 Å². The Labute approximate surface area is 149 Å². The fourth-order valence-corrected chi connectivity index (χ4v) is 4.64. The Morgan fingerprint density at radius 2 is 2.08 bits per heavy atom. The number of hydrogen-bond acceptors (Lipinski definition) is 6. The van der Waals surface area contributed by atoms with E-state index in [4.69, 9.17) is 4.74 Å². The van der Waals surface area contributed by atoms with Gasteiger partial charge in [0.15, 0.2) is 4.96 Å². The smallest absolute Gasteiger partial charge is 0.271 e. The Hall–Kier alpha value is -1.77. The summed E-state index contributed by atoms with van der Waals surface area (Å²) in [5.74, 6) is -0.337. The van der Waals surface area contributed by atoms with Gasteiger partial charge in [0.25, 0.3) is 11.5 Å². The maximum absolute atomic E-state index is 12.8. The lowest BCUT2D eigenvalue weighted by molar-refractivity contribution is 0.0383. The molecule has 0 saturated carbocycles. The molecule has 0 spiro atoms. The van der Waals surface area contributed by atoms with Crippen molar-refractivity contribution in [3.05, 3.63) is 32.7 Å². The first-order chi connectivity index (χ1) is 12.2. The van der Waals surface area contributed by atoms with E-state index >= 15 is 0 Å². The quantitative estimate of drug-likeness (QED) is 0.866. The Morgan fingerprint density at radius 1 is 1.28 bits per heavy atom. The van der Waals surface area contributed by atoms with Crippen LogP contribution in [0.2, 0.25) is 0 Å². The van der Waals surface area contributed by atoms with Crippen LogP contribution in [0.5, 0.6) is 0 Å². The van der Waals surface area contributed by atoms with E-state index in [1.165, 1.54) is 11.1 Å². The summed E-state index contributed by atoms with van der Waals surface area (Å²) >= 11 is 1.57. The minimum atomic E-state index is -0.337. The number of fused-ring (bicyclic) bond motifs is 3. The van der Waals surface area contributed by atoms with E-state index in [9.17, 15) is 9.59 Å². The molecule has 3 heterocycles. The highest BCUT2D eigenvalue weighted by Gasteiger charge is 2.21. The highest BCUT2D eigenvalue weighted by atomic mass is 32.1. The number of morpholine rings is 1. The zero-order chi connectivity index (χ0) is 17.2. The van der Waals surface area contributed by atoms with Gasteiger partial charge < -0.3 is 10.1 Å². The van der Waals surface area contributed by atoms with E-state index in [0.717, 1.165) is 64.2 Å². The number of hydrogen-bond donors (Lipinski definition) is 1. The zero-order valence-electron chi connectivity index (χ0n) is 14.1. The molecule has 1 saturated heterocycles. The van der Waals surface area contributed by atoms with Gasteiger partial charge in [0.05, 0.1) is 13.2 Å². The maximum Gasteiger partial charge on any atom is 0.271 e. The van der Waals surface area contributed by atoms with Crippen molar-refractivity contribution in [2.45, 2.75) is 25.7 Å². The average Bonchev–Trinajstić information content (AvgIpc) is 3.02. The number of aryl methyl sites for hydroxylation is 2. The summed E-state index contributed by atoms with van der Waals surface area (Å²) in [6.07, 6.45) is 5.55. The molecule has 8 heteroatoms. The summed E-state index contributed by atoms with van der Waals surface area (Å²) in [4.78, 5) is 33.8. The molecule has 1 N–H and O–H groups in total. The SMILES string of the molecule is O=C(NCCN1CCOCC1)c1cnc2sc3c(n2c1=O)CCCC3. The lowest BCUT2D eigenvalue weighted by Gasteiger charge is -2.26. The monoisotopic (exact) mass is 362 g/mol. The molecule has 0 aromatic carbocycles. The fraction of sp³-hybridized carbons (Fsp3) is 0.588. The van der Waals surface area contributed by atoms with Gasteiger partial charge in [-0.05, 0) is 25.7 Å². The van der Waals surface area contributed by atoms with E-state index in [-0.39, 0.29) is 17.0 Å². The molecule has 0 radical (unpaired) electrons. The lowest BCUT2D eigenvalue weighted by atomic mass is 10.0. The van der Waals surface area contributed by atoms with Gasteiger partial charge in [-0.15, -0.1) is 11.3 Å². The first-order valence-electron chi connectivity index (χ1n) is 8.84. The Bertz CT molecular complexity index is 838. The van der Waals surface area contributed by atoms with Crippen molar-refractivity contribution in [2.75, 3.05) is 39.4 Å². The van der Waals surface area contributed by atoms with Crippen molar-refractivity contribution in [3.63, 3.8) is 0 Å². The second-order valence-corrected chi connectivity index (χ2v) is 7.55. The van der Waals surface area contributed by atoms with Crippen LogP contribution in [0, 0.1) is 0 Å². The zero-order valence-corrected chi connectivity index (χ0v) is 14.9. The van der Waals surface area contributed by atoms with Crippen LogP contribution >= 0.6 is 11.3 Å². The van der Waals surface area contributed by atoms with Crippen LogP contribution in [-0.4, -0.2) is 59.6 Å². The number of rotatable bonds is 4. The first kappa shape index (κ1) is 16.7. The van der Waals surface area contributed by atoms with Crippen LogP contribution in [0.1, 0.15) is 33.8 Å². The first-order valence-corrected chi connectivity index (χ1v) is 9.66. The Kier molecular flexibility index (Phi) is 4.82. The minimum Gasteiger partial charge on any atom is -0.379 e. The standard InChI is InChI=1S/C17H22N4O3S/c22-15(18-5-6-20-7-9-24-10-8-20)12-11-19-17-21(16(12)23)13-3-1-2-4-14(13)25-17/h11H,1-10H2,(H,18,22). The van der Waals surface area contributed by atoms with Crippen molar-refractivity contribution in [1.82, 2.24) is 19.6 Å². The number of thiazole rings is 1. The number of nitrogens with one attached hydrogen (secondary N) is 1. The van der Waals surface area contributed by atoms with Gasteiger partial charge >= 0.3 is 0 Å². The Morgan fingerprint density at radius 3 is 2.92 bits per heavy atom. The van der Waals surface area contributed by atoms with Crippen molar-refractivity contribution in [1.29, 1.82) is 0 Å². The predicted octanol–water partition coefficient (Wildman–Crippen LogP) is 0.697. The third kappa shape index (κ3) is 3.33. The van der Waals surface area contributed by atoms with E-state index in [1.54, 1.807) is 15.7 Å². The highest BCUT2D eigenvalue weighted by Crippen LogP contribution is 2.28. The summed E-state index contributed by atoms with van der Waals surface area (Å²) in [6, 6.07) is 0. The molecule has 1 amide bonds. The number of carbonyl (C=O) groups is 1. The van der Waals surface area contributed by atoms with Crippen molar-refractivity contribution in [2.24, 2.45) is 0 Å². The van der Waals surface area contributed by atoms with Gasteiger partial charge in [-0.2, -0.15) is 0 Å². The molecule has 1 aliphatic heterocycles. The second kappa shape index (κ2) is 7.23. The summed E-state index contributed by atoms with van der Waals surface area (Å²) in [5.41, 5.74) is 0.936. The van der Waals surface area contributed by atoms with Gasteiger partial charge in [-0.1, -0.05) is 0 Å². The van der Waals surface area contributed by atoms with E-state index in [1.807, 2.05) is 0 Å². The summed E-state index contributed by atoms with van der Waals surface area (Å²) in [5, 5.41) is 2.85. The molecule has 1 fully saturated rings. The summed E-state index contributed by atoms with van der Waals surface area (Å²) < 4.78 is 6.96. The molecule has 0 unspecified atom stereocenters. The van der Waals surface area contributed by atoms with Gasteiger partial charge in [-0.3, -0.25) is 18.9 Å². The van der Waals surface area contributed by atoms with Gasteiger partial charge in [-0.25, -0.2) is 4.98 Å². The maximum atomic E-state index is 12.8. The van der Waals surface area contributed by atoms with Crippen LogP contribution in [0.4, 0.5) is 0 Å². The predicted molar refractivity (Wildman–Crippen MR) is 95.6 cm³/mol. The molecule has 25 heavy (non-hydrogen) atoms. The van der Waals surface area contributed by atoms with Crippen LogP contribution in [-0.2, 0) is 17.6 Å². The Balaban J connectivity index is 1.49. The van der Waals surface area contributed by atoms with Gasteiger partial charge in [0.2, 0.25) is 0 Å². The molecule has 7 nitrogen and oxygen atoms in total. The molecular formula is C17H22N4O3S. The van der Waals surface area contributed by atoms with Gasteiger partial charge in [0.1, 0.15) is 5.56 Å². The molecule has 4 rings (SSSR count). The highest BCUT2D eigenvalue weighted by molar-refractivity contribution is 7.17. The molecule has 0 bridgehead atoms. The number of ether oxygens (including phenoxy) is 1. The topological polar surface area (TPSA) is 75.9 Å². The summed E-state index contributed by atoms with van der Waals surface area (Å²) in [6.45, 7) is 4.52. The van der Waals surface area contributed by atoms with Crippen molar-refractivity contribution >= 4 is 22.2 Å². The third-order valence-corrected chi connectivity index (χ3v) is 6.02. The number of nitrogens with zero attached hydrogens (tertiary/aromatic N) is 3. The van der Waals surface area contributed by atoms with Crippen LogP contribution in [0.3, 0.4) is 0 Å². The third-order valence-electron chi connectivity index (χ3n) is 4.86. The lowest BCUT2D eigenvalue weighted by Crippen LogP contribution is -2.42. The largest absolute Gasteiger partial charge is 0.379 e. The van der Waals surface area contributed by atoms with Crippen molar-refractivity contribution in [3.8, 4) is 0 Å². The minimum absolute atomic E-state index is 0.130. The second-order valence-electron chi connectivity index (χ2n) is 6.48. The van der Waals surface area contributed by atoms with Crippen LogP contribution in [0.25, 0.3) is 4.96 Å². The van der Waals surface area contributed by atoms with Crippen molar-refractivity contribution < 1.29 is 9.53 Å². The number of amides is 1. The van der Waals surface area contributed by atoms with Crippen LogP contribution in [0.15, 0.2) is 11.0 Å². The van der Waals surface area contributed by atoms with Gasteiger partial charge in [0, 0.05) is 42.9 Å².